The molecule has 0 N–H and O–H groups in total. The van der Waals surface area contributed by atoms with Crippen LogP contribution in [0, 0.1) is 17.5 Å². The van der Waals surface area contributed by atoms with Crippen LogP contribution in [0.4, 0.5) is 35.1 Å². The molecule has 168 valence electrons. The third kappa shape index (κ3) is 4.76. The van der Waals surface area contributed by atoms with Crippen LogP contribution in [0.25, 0.3) is 28.1 Å². The van der Waals surface area contributed by atoms with E-state index < -0.39 is 46.6 Å². The molecule has 3 rings (SSSR count). The quantitative estimate of drug-likeness (QED) is 0.278. The summed E-state index contributed by atoms with van der Waals surface area (Å²) in [6.45, 7) is 1.43. The van der Waals surface area contributed by atoms with E-state index >= 15 is 0 Å². The second-order valence-corrected chi connectivity index (χ2v) is 6.61. The Morgan fingerprint density at radius 1 is 0.750 bits per heavy atom. The van der Waals surface area contributed by atoms with Gasteiger partial charge in [0.1, 0.15) is 23.0 Å². The van der Waals surface area contributed by atoms with E-state index in [9.17, 15) is 35.1 Å². The minimum atomic E-state index is -5.23. The Morgan fingerprint density at radius 2 is 1.28 bits per heavy atom. The molecule has 0 aliphatic carbocycles. The third-order valence-corrected chi connectivity index (χ3v) is 4.52. The van der Waals surface area contributed by atoms with Gasteiger partial charge < -0.3 is 4.74 Å². The van der Waals surface area contributed by atoms with Crippen molar-refractivity contribution in [2.24, 2.45) is 0 Å². The van der Waals surface area contributed by atoms with Crippen LogP contribution in [0.15, 0.2) is 60.6 Å². The summed E-state index contributed by atoms with van der Waals surface area (Å²) >= 11 is 0. The van der Waals surface area contributed by atoms with Crippen LogP contribution in [0.1, 0.15) is 18.1 Å². The maximum atomic E-state index is 14.6. The fourth-order valence-corrected chi connectivity index (χ4v) is 3.04. The molecule has 0 bridgehead atoms. The number of hydrogen-bond donors (Lipinski definition) is 0. The molecule has 0 unspecified atom stereocenters. The molecule has 0 aromatic heterocycles. The van der Waals surface area contributed by atoms with E-state index in [1.807, 2.05) is 0 Å². The molecular weight excluding hydrogens is 444 g/mol. The highest BCUT2D eigenvalue weighted by molar-refractivity contribution is 5.73. The van der Waals surface area contributed by atoms with Gasteiger partial charge in [-0.05, 0) is 41.8 Å². The normalized spacial score (nSPS) is 12.5. The van der Waals surface area contributed by atoms with Crippen molar-refractivity contribution >= 4 is 5.83 Å². The number of rotatable bonds is 5. The number of hydrogen-bond acceptors (Lipinski definition) is 1. The standard InChI is InChI=1S/C23H14F8O/c1-2-32-22(28)21(27)13-5-3-12(4-6-13)14-7-8-16(17(24)9-14)15-10-18(25)20(19(26)11-15)23(29,30)31/h3-11H,2H2,1H3/b22-21-. The van der Waals surface area contributed by atoms with Gasteiger partial charge in [0, 0.05) is 11.1 Å². The first-order valence-electron chi connectivity index (χ1n) is 9.18. The Morgan fingerprint density at radius 3 is 1.78 bits per heavy atom. The fraction of sp³-hybridized carbons (Fsp3) is 0.130. The zero-order valence-electron chi connectivity index (χ0n) is 16.3. The van der Waals surface area contributed by atoms with E-state index in [0.29, 0.717) is 23.3 Å². The van der Waals surface area contributed by atoms with Crippen molar-refractivity contribution < 1.29 is 39.9 Å². The maximum absolute atomic E-state index is 14.6. The predicted octanol–water partition coefficient (Wildman–Crippen LogP) is 8.06. The molecule has 0 spiro atoms. The monoisotopic (exact) mass is 458 g/mol. The van der Waals surface area contributed by atoms with Crippen LogP contribution in [-0.2, 0) is 10.9 Å². The Labute approximate surface area is 177 Å². The molecule has 9 heteroatoms. The Hall–Kier alpha value is -3.36. The summed E-state index contributed by atoms with van der Waals surface area (Å²) in [6.07, 6.45) is -5.23. The van der Waals surface area contributed by atoms with E-state index in [0.717, 1.165) is 12.1 Å². The molecule has 0 radical (unpaired) electrons. The molecular formula is C23H14F8O. The van der Waals surface area contributed by atoms with Crippen LogP contribution in [0.2, 0.25) is 0 Å². The van der Waals surface area contributed by atoms with Crippen LogP contribution in [0.3, 0.4) is 0 Å². The highest BCUT2D eigenvalue weighted by Gasteiger charge is 2.38. The summed E-state index contributed by atoms with van der Waals surface area (Å²) in [5, 5.41) is 0. The second-order valence-electron chi connectivity index (χ2n) is 6.61. The van der Waals surface area contributed by atoms with Crippen molar-refractivity contribution in [3.05, 3.63) is 89.2 Å². The van der Waals surface area contributed by atoms with E-state index in [2.05, 4.69) is 4.74 Å². The first-order valence-corrected chi connectivity index (χ1v) is 9.18. The van der Waals surface area contributed by atoms with Gasteiger partial charge in [0.15, 0.2) is 0 Å². The van der Waals surface area contributed by atoms with E-state index in [4.69, 9.17) is 0 Å². The highest BCUT2D eigenvalue weighted by atomic mass is 19.4. The van der Waals surface area contributed by atoms with Gasteiger partial charge in [-0.25, -0.2) is 13.2 Å². The molecule has 0 atom stereocenters. The average molecular weight is 458 g/mol. The summed E-state index contributed by atoms with van der Waals surface area (Å²) in [5.41, 5.74) is -2.18. The fourth-order valence-electron chi connectivity index (χ4n) is 3.04. The number of ether oxygens (including phenoxy) is 1. The summed E-state index contributed by atoms with van der Waals surface area (Å²) in [4.78, 5) is 0. The van der Waals surface area contributed by atoms with Gasteiger partial charge in [-0.15, -0.1) is 0 Å². The molecule has 0 fully saturated rings. The van der Waals surface area contributed by atoms with Crippen molar-refractivity contribution in [1.82, 2.24) is 0 Å². The number of alkyl halides is 3. The van der Waals surface area contributed by atoms with Gasteiger partial charge in [-0.2, -0.15) is 22.0 Å². The predicted molar refractivity (Wildman–Crippen MR) is 103 cm³/mol. The van der Waals surface area contributed by atoms with Crippen molar-refractivity contribution in [3.63, 3.8) is 0 Å². The maximum Gasteiger partial charge on any atom is 0.422 e. The van der Waals surface area contributed by atoms with Gasteiger partial charge in [0.05, 0.1) is 6.61 Å². The molecule has 0 saturated heterocycles. The molecule has 3 aromatic carbocycles. The molecule has 32 heavy (non-hydrogen) atoms. The van der Waals surface area contributed by atoms with Crippen molar-refractivity contribution in [2.45, 2.75) is 13.1 Å². The highest BCUT2D eigenvalue weighted by Crippen LogP contribution is 2.37. The SMILES string of the molecule is CCO/C(F)=C(\F)c1ccc(-c2ccc(-c3cc(F)c(C(F)(F)F)c(F)c3)c(F)c2)cc1. The summed E-state index contributed by atoms with van der Waals surface area (Å²) in [5.74, 6) is -5.87. The van der Waals surface area contributed by atoms with Gasteiger partial charge in [-0.1, -0.05) is 36.4 Å². The first kappa shape index (κ1) is 23.3. The minimum Gasteiger partial charge on any atom is -0.469 e. The Balaban J connectivity index is 1.93. The third-order valence-electron chi connectivity index (χ3n) is 4.52. The van der Waals surface area contributed by atoms with Crippen LogP contribution >= 0.6 is 0 Å². The lowest BCUT2D eigenvalue weighted by molar-refractivity contribution is -0.142. The molecule has 0 heterocycles. The minimum absolute atomic E-state index is 0.0598. The van der Waals surface area contributed by atoms with Gasteiger partial charge in [-0.3, -0.25) is 0 Å². The smallest absolute Gasteiger partial charge is 0.422 e. The van der Waals surface area contributed by atoms with Crippen LogP contribution < -0.4 is 0 Å². The topological polar surface area (TPSA) is 9.23 Å². The lowest BCUT2D eigenvalue weighted by Crippen LogP contribution is -2.11. The van der Waals surface area contributed by atoms with Crippen LogP contribution in [-0.4, -0.2) is 6.61 Å². The molecule has 1 nitrogen and oxygen atoms in total. The molecule has 0 saturated carbocycles. The first-order chi connectivity index (χ1) is 15.0. The van der Waals surface area contributed by atoms with E-state index in [-0.39, 0.29) is 17.7 Å². The van der Waals surface area contributed by atoms with Crippen molar-refractivity contribution in [3.8, 4) is 22.3 Å². The second kappa shape index (κ2) is 9.02. The van der Waals surface area contributed by atoms with Crippen molar-refractivity contribution in [1.29, 1.82) is 0 Å². The zero-order valence-corrected chi connectivity index (χ0v) is 16.3. The summed E-state index contributed by atoms with van der Waals surface area (Å²) in [6, 6.07) is 8.23. The molecule has 0 aliphatic heterocycles. The van der Waals surface area contributed by atoms with E-state index in [1.54, 1.807) is 0 Å². The molecule has 0 amide bonds. The Kier molecular flexibility index (Phi) is 6.57. The zero-order chi connectivity index (χ0) is 23.6. The lowest BCUT2D eigenvalue weighted by Gasteiger charge is -2.12. The average Bonchev–Trinajstić information content (AvgIpc) is 2.71. The van der Waals surface area contributed by atoms with E-state index in [1.165, 1.54) is 37.3 Å². The Bertz CT molecular complexity index is 1140. The number of benzene rings is 3. The van der Waals surface area contributed by atoms with Gasteiger partial charge in [0.2, 0.25) is 5.83 Å². The van der Waals surface area contributed by atoms with Crippen LogP contribution in [0.5, 0.6) is 0 Å². The largest absolute Gasteiger partial charge is 0.469 e. The molecule has 0 aliphatic rings. The lowest BCUT2D eigenvalue weighted by atomic mass is 9.97. The summed E-state index contributed by atoms with van der Waals surface area (Å²) in [7, 11) is 0. The summed E-state index contributed by atoms with van der Waals surface area (Å²) < 4.78 is 112. The molecule has 3 aromatic rings. The van der Waals surface area contributed by atoms with Gasteiger partial charge in [0.25, 0.3) is 0 Å². The van der Waals surface area contributed by atoms with Crippen molar-refractivity contribution in [2.75, 3.05) is 6.61 Å². The van der Waals surface area contributed by atoms with Gasteiger partial charge >= 0.3 is 12.2 Å². The number of halogens is 8.